The monoisotopic (exact) mass is 397 g/mol. The van der Waals surface area contributed by atoms with Gasteiger partial charge in [-0.15, -0.1) is 0 Å². The molecular formula is C16H32NO8P. The van der Waals surface area contributed by atoms with Crippen molar-refractivity contribution in [2.24, 2.45) is 0 Å². The molecule has 2 atom stereocenters. The average molecular weight is 397 g/mol. The van der Waals surface area contributed by atoms with Crippen LogP contribution < -0.4 is 5.32 Å². The number of ether oxygens (including phenoxy) is 1. The van der Waals surface area contributed by atoms with Gasteiger partial charge in [-0.05, 0) is 6.42 Å². The van der Waals surface area contributed by atoms with E-state index >= 15 is 0 Å². The summed E-state index contributed by atoms with van der Waals surface area (Å²) in [5.41, 5.74) is 0. The van der Waals surface area contributed by atoms with Gasteiger partial charge in [0.15, 0.2) is 0 Å². The third-order valence-corrected chi connectivity index (χ3v) is 4.33. The van der Waals surface area contributed by atoms with Crippen LogP contribution in [-0.4, -0.2) is 54.3 Å². The Bertz CT molecular complexity index is 446. The Labute approximate surface area is 155 Å². The van der Waals surface area contributed by atoms with E-state index in [9.17, 15) is 24.2 Å². The van der Waals surface area contributed by atoms with Gasteiger partial charge in [-0.1, -0.05) is 39.5 Å². The van der Waals surface area contributed by atoms with E-state index in [1.807, 2.05) is 0 Å². The Morgan fingerprint density at radius 3 is 2.42 bits per heavy atom. The van der Waals surface area contributed by atoms with Gasteiger partial charge >= 0.3 is 13.8 Å². The molecule has 0 heterocycles. The van der Waals surface area contributed by atoms with Gasteiger partial charge in [-0.25, -0.2) is 4.57 Å². The lowest BCUT2D eigenvalue weighted by Gasteiger charge is -2.15. The molecule has 0 fully saturated rings. The first-order valence-electron chi connectivity index (χ1n) is 9.03. The molecule has 2 unspecified atom stereocenters. The number of amides is 1. The van der Waals surface area contributed by atoms with Crippen LogP contribution in [0.2, 0.25) is 0 Å². The molecule has 10 heteroatoms. The second-order valence-corrected chi connectivity index (χ2v) is 7.26. The number of phosphoric acid groups is 1. The summed E-state index contributed by atoms with van der Waals surface area (Å²) in [5.74, 6) is -0.625. The van der Waals surface area contributed by atoms with Gasteiger partial charge in [0, 0.05) is 19.4 Å². The van der Waals surface area contributed by atoms with Gasteiger partial charge in [-0.2, -0.15) is 0 Å². The molecule has 154 valence electrons. The fourth-order valence-electron chi connectivity index (χ4n) is 1.89. The molecular weight excluding hydrogens is 365 g/mol. The van der Waals surface area contributed by atoms with Crippen molar-refractivity contribution in [1.29, 1.82) is 0 Å². The number of rotatable bonds is 16. The van der Waals surface area contributed by atoms with E-state index in [2.05, 4.69) is 26.0 Å². The highest BCUT2D eigenvalue weighted by atomic mass is 31.2. The lowest BCUT2D eigenvalue weighted by Crippen LogP contribution is -2.27. The summed E-state index contributed by atoms with van der Waals surface area (Å²) in [6.45, 7) is 2.76. The van der Waals surface area contributed by atoms with E-state index in [4.69, 9.17) is 0 Å². The Kier molecular flexibility index (Phi) is 14.5. The molecule has 0 aromatic rings. The van der Waals surface area contributed by atoms with E-state index in [0.29, 0.717) is 6.42 Å². The highest BCUT2D eigenvalue weighted by Crippen LogP contribution is 2.42. The van der Waals surface area contributed by atoms with Crippen LogP contribution in [0.15, 0.2) is 0 Å². The number of carbonyl (C=O) groups is 2. The van der Waals surface area contributed by atoms with Crippen molar-refractivity contribution in [2.75, 3.05) is 26.4 Å². The van der Waals surface area contributed by atoms with Crippen molar-refractivity contribution in [1.82, 2.24) is 5.32 Å². The van der Waals surface area contributed by atoms with Gasteiger partial charge in [0.05, 0.1) is 13.2 Å². The summed E-state index contributed by atoms with van der Waals surface area (Å²) in [5, 5.41) is 12.1. The smallest absolute Gasteiger partial charge is 0.463 e. The number of phosphoric ester groups is 1. The Morgan fingerprint density at radius 1 is 1.08 bits per heavy atom. The molecule has 0 aromatic carbocycles. The van der Waals surface area contributed by atoms with Gasteiger partial charge < -0.3 is 20.1 Å². The van der Waals surface area contributed by atoms with Crippen molar-refractivity contribution < 1.29 is 37.9 Å². The third kappa shape index (κ3) is 15.3. The van der Waals surface area contributed by atoms with Crippen molar-refractivity contribution in [3.05, 3.63) is 0 Å². The predicted molar refractivity (Wildman–Crippen MR) is 95.4 cm³/mol. The van der Waals surface area contributed by atoms with E-state index in [1.165, 1.54) is 0 Å². The lowest BCUT2D eigenvalue weighted by molar-refractivity contribution is -0.146. The number of hydrogen-bond donors (Lipinski definition) is 3. The standard InChI is InChI=1S/C16H32NO8P/c1-3-5-6-7-8-9-15(19)17-10-11-24-26(21,22)25-13-14(18)12-23-16(20)4-2/h14,18H,3-13H2,1-2H3,(H,17,19)(H,21,22). The quantitative estimate of drug-likeness (QED) is 0.204. The topological polar surface area (TPSA) is 131 Å². The SMILES string of the molecule is CCCCCCCC(=O)NCCOP(=O)(O)OCC(O)COC(=O)CC. The van der Waals surface area contributed by atoms with Crippen molar-refractivity contribution >= 4 is 19.7 Å². The first-order valence-corrected chi connectivity index (χ1v) is 10.5. The molecule has 0 radical (unpaired) electrons. The number of carbonyl (C=O) groups excluding carboxylic acids is 2. The average Bonchev–Trinajstić information content (AvgIpc) is 2.61. The molecule has 3 N–H and O–H groups in total. The fourth-order valence-corrected chi connectivity index (χ4v) is 2.64. The van der Waals surface area contributed by atoms with Gasteiger partial charge in [0.1, 0.15) is 12.7 Å². The molecule has 0 aliphatic carbocycles. The highest BCUT2D eigenvalue weighted by Gasteiger charge is 2.23. The molecule has 9 nitrogen and oxygen atoms in total. The third-order valence-electron chi connectivity index (χ3n) is 3.34. The molecule has 0 bridgehead atoms. The van der Waals surface area contributed by atoms with E-state index in [0.717, 1.165) is 32.1 Å². The van der Waals surface area contributed by atoms with Gasteiger partial charge in [-0.3, -0.25) is 18.6 Å². The van der Waals surface area contributed by atoms with Crippen LogP contribution in [0.3, 0.4) is 0 Å². The Balaban J connectivity index is 3.74. The van der Waals surface area contributed by atoms with E-state index in [1.54, 1.807) is 6.92 Å². The molecule has 0 spiro atoms. The maximum absolute atomic E-state index is 11.6. The highest BCUT2D eigenvalue weighted by molar-refractivity contribution is 7.47. The number of nitrogens with one attached hydrogen (secondary N) is 1. The largest absolute Gasteiger partial charge is 0.472 e. The van der Waals surface area contributed by atoms with Crippen molar-refractivity contribution in [3.63, 3.8) is 0 Å². The van der Waals surface area contributed by atoms with Crippen LogP contribution in [-0.2, 0) is 27.9 Å². The zero-order chi connectivity index (χ0) is 19.8. The minimum absolute atomic E-state index is 0.0817. The number of hydrogen-bond acceptors (Lipinski definition) is 7. The number of aliphatic hydroxyl groups excluding tert-OH is 1. The zero-order valence-corrected chi connectivity index (χ0v) is 16.5. The van der Waals surface area contributed by atoms with Crippen LogP contribution in [0.5, 0.6) is 0 Å². The fraction of sp³-hybridized carbons (Fsp3) is 0.875. The van der Waals surface area contributed by atoms with Crippen LogP contribution in [0.4, 0.5) is 0 Å². The van der Waals surface area contributed by atoms with Crippen LogP contribution >= 0.6 is 7.82 Å². The molecule has 0 saturated heterocycles. The number of esters is 1. The zero-order valence-electron chi connectivity index (χ0n) is 15.6. The normalized spacial score (nSPS) is 14.5. The lowest BCUT2D eigenvalue weighted by atomic mass is 10.1. The van der Waals surface area contributed by atoms with Crippen LogP contribution in [0.1, 0.15) is 58.8 Å². The van der Waals surface area contributed by atoms with E-state index < -0.39 is 26.5 Å². The minimum Gasteiger partial charge on any atom is -0.463 e. The minimum atomic E-state index is -4.35. The summed E-state index contributed by atoms with van der Waals surface area (Å²) < 4.78 is 25.6. The van der Waals surface area contributed by atoms with E-state index in [-0.39, 0.29) is 32.1 Å². The summed E-state index contributed by atoms with van der Waals surface area (Å²) in [4.78, 5) is 31.9. The number of unbranched alkanes of at least 4 members (excludes halogenated alkanes) is 4. The first kappa shape index (κ1) is 25.0. The van der Waals surface area contributed by atoms with Gasteiger partial charge in [0.25, 0.3) is 0 Å². The number of aliphatic hydroxyl groups is 1. The Hall–Kier alpha value is -0.990. The summed E-state index contributed by atoms with van der Waals surface area (Å²) in [6, 6.07) is 0. The molecule has 0 aromatic heterocycles. The van der Waals surface area contributed by atoms with Crippen LogP contribution in [0, 0.1) is 0 Å². The Morgan fingerprint density at radius 2 is 1.77 bits per heavy atom. The van der Waals surface area contributed by atoms with Crippen LogP contribution in [0.25, 0.3) is 0 Å². The molecule has 0 rings (SSSR count). The maximum Gasteiger partial charge on any atom is 0.472 e. The van der Waals surface area contributed by atoms with Crippen molar-refractivity contribution in [3.8, 4) is 0 Å². The van der Waals surface area contributed by atoms with Gasteiger partial charge in [0.2, 0.25) is 5.91 Å². The molecule has 0 saturated carbocycles. The molecule has 26 heavy (non-hydrogen) atoms. The summed E-state index contributed by atoms with van der Waals surface area (Å²) >= 11 is 0. The second kappa shape index (κ2) is 15.1. The predicted octanol–water partition coefficient (Wildman–Crippen LogP) is 1.91. The summed E-state index contributed by atoms with van der Waals surface area (Å²) in [6.07, 6.45) is 4.59. The first-order chi connectivity index (χ1) is 12.3. The van der Waals surface area contributed by atoms with Crippen molar-refractivity contribution in [2.45, 2.75) is 64.9 Å². The molecule has 0 aliphatic heterocycles. The molecule has 1 amide bonds. The molecule has 0 aliphatic rings. The maximum atomic E-state index is 11.6. The second-order valence-electron chi connectivity index (χ2n) is 5.80. The summed E-state index contributed by atoms with van der Waals surface area (Å²) in [7, 11) is -4.35.